The number of rotatable bonds is 3. The van der Waals surface area contributed by atoms with E-state index in [0.717, 1.165) is 16.3 Å². The number of hydrogen-bond donors (Lipinski definition) is 3. The maximum atomic E-state index is 5.29. The fourth-order valence-corrected chi connectivity index (χ4v) is 6.26. The summed E-state index contributed by atoms with van der Waals surface area (Å²) in [7, 11) is -2.07. The molecule has 4 nitrogen and oxygen atoms in total. The summed E-state index contributed by atoms with van der Waals surface area (Å²) in [6.07, 6.45) is 5.90. The topological polar surface area (TPSA) is 59.7 Å². The van der Waals surface area contributed by atoms with Gasteiger partial charge in [-0.2, -0.15) is 0 Å². The van der Waals surface area contributed by atoms with Gasteiger partial charge in [-0.1, -0.05) is 0 Å². The molecule has 0 radical (unpaired) electrons. The van der Waals surface area contributed by atoms with Crippen molar-refractivity contribution in [3.05, 3.63) is 55.0 Å². The molecule has 0 aliphatic carbocycles. The number of aromatic nitrogens is 3. The summed E-state index contributed by atoms with van der Waals surface area (Å²) in [5.41, 5.74) is 3.32. The first kappa shape index (κ1) is 14.0. The quantitative estimate of drug-likeness (QED) is 0.623. The smallest absolute Gasteiger partial charge is 0.102 e. The lowest BCUT2D eigenvalue weighted by molar-refractivity contribution is 0.591. The second-order valence-electron chi connectivity index (χ2n) is 6.07. The Morgan fingerprint density at radius 1 is 0.762 bits per heavy atom. The van der Waals surface area contributed by atoms with Crippen molar-refractivity contribution in [1.29, 1.82) is 0 Å². The number of nitrogens with one attached hydrogen (secondary N) is 3. The minimum Gasteiger partial charge on any atom is -0.360 e. The third-order valence-corrected chi connectivity index (χ3v) is 7.07. The minimum atomic E-state index is -2.07. The van der Waals surface area contributed by atoms with Crippen molar-refractivity contribution in [3.63, 3.8) is 0 Å². The van der Waals surface area contributed by atoms with Crippen molar-refractivity contribution in [2.45, 2.75) is 26.3 Å². The fourth-order valence-electron chi connectivity index (χ4n) is 2.57. The van der Waals surface area contributed by atoms with E-state index in [0.29, 0.717) is 0 Å². The summed E-state index contributed by atoms with van der Waals surface area (Å²) in [5.74, 6) is 0. The van der Waals surface area contributed by atoms with Gasteiger partial charge in [0.15, 0.2) is 0 Å². The van der Waals surface area contributed by atoms with Crippen LogP contribution in [0.4, 0.5) is 0 Å². The molecule has 0 aromatic carbocycles. The van der Waals surface area contributed by atoms with E-state index in [2.05, 4.69) is 53.9 Å². The lowest BCUT2D eigenvalue weighted by atomic mass is 10.1. The standard InChI is InChI=1S/C16H21N4P/c1-16(2,3)20-21(13-7-4-10-17-13,14-8-5-11-18-14)15-9-6-12-19-15/h4-12,17-19H,1-3H3. The van der Waals surface area contributed by atoms with E-state index in [1.54, 1.807) is 0 Å². The van der Waals surface area contributed by atoms with E-state index in [4.69, 9.17) is 4.74 Å². The van der Waals surface area contributed by atoms with Crippen molar-refractivity contribution in [2.24, 2.45) is 4.74 Å². The normalized spacial score (nSPS) is 12.5. The highest BCUT2D eigenvalue weighted by Crippen LogP contribution is 2.47. The van der Waals surface area contributed by atoms with E-state index >= 15 is 0 Å². The first-order valence-electron chi connectivity index (χ1n) is 7.08. The van der Waals surface area contributed by atoms with E-state index in [1.807, 2.05) is 36.8 Å². The molecule has 0 saturated heterocycles. The fraction of sp³-hybridized carbons (Fsp3) is 0.250. The van der Waals surface area contributed by atoms with Crippen LogP contribution in [0.25, 0.3) is 0 Å². The van der Waals surface area contributed by atoms with E-state index in [9.17, 15) is 0 Å². The Morgan fingerprint density at radius 3 is 1.38 bits per heavy atom. The molecule has 0 unspecified atom stereocenters. The van der Waals surface area contributed by atoms with Gasteiger partial charge in [-0.3, -0.25) is 4.74 Å². The summed E-state index contributed by atoms with van der Waals surface area (Å²) in [6, 6.07) is 12.5. The number of H-pyrrole nitrogens is 3. The zero-order valence-electron chi connectivity index (χ0n) is 12.6. The van der Waals surface area contributed by atoms with Gasteiger partial charge >= 0.3 is 0 Å². The zero-order chi connectivity index (χ0) is 14.9. The highest BCUT2D eigenvalue weighted by molar-refractivity contribution is 7.86. The third-order valence-electron chi connectivity index (χ3n) is 3.24. The van der Waals surface area contributed by atoms with Gasteiger partial charge in [0.05, 0.1) is 21.8 Å². The summed E-state index contributed by atoms with van der Waals surface area (Å²) in [4.78, 5) is 10.2. The Hall–Kier alpha value is -1.93. The molecule has 0 fully saturated rings. The van der Waals surface area contributed by atoms with Crippen molar-refractivity contribution in [1.82, 2.24) is 15.0 Å². The second-order valence-corrected chi connectivity index (χ2v) is 8.99. The molecule has 0 atom stereocenters. The van der Waals surface area contributed by atoms with Crippen LogP contribution in [0.15, 0.2) is 59.7 Å². The van der Waals surface area contributed by atoms with Crippen LogP contribution in [0.3, 0.4) is 0 Å². The Bertz CT molecular complexity index is 638. The van der Waals surface area contributed by atoms with Crippen LogP contribution in [0, 0.1) is 0 Å². The second kappa shape index (κ2) is 5.12. The first-order valence-corrected chi connectivity index (χ1v) is 8.82. The molecule has 3 N–H and O–H groups in total. The van der Waals surface area contributed by atoms with Crippen molar-refractivity contribution in [3.8, 4) is 0 Å². The molecule has 0 bridgehead atoms. The average Bonchev–Trinajstić information content (AvgIpc) is 3.15. The van der Waals surface area contributed by atoms with E-state index in [-0.39, 0.29) is 5.54 Å². The highest BCUT2D eigenvalue weighted by atomic mass is 31.2. The lowest BCUT2D eigenvalue weighted by Gasteiger charge is -2.27. The van der Waals surface area contributed by atoms with Gasteiger partial charge in [0.1, 0.15) is 7.05 Å². The Morgan fingerprint density at radius 2 is 1.14 bits per heavy atom. The molecule has 0 aliphatic rings. The molecule has 21 heavy (non-hydrogen) atoms. The summed E-state index contributed by atoms with van der Waals surface area (Å²) >= 11 is 0. The number of hydrogen-bond acceptors (Lipinski definition) is 1. The van der Waals surface area contributed by atoms with E-state index in [1.165, 1.54) is 0 Å². The monoisotopic (exact) mass is 300 g/mol. The lowest BCUT2D eigenvalue weighted by Crippen LogP contribution is -2.30. The molecule has 3 aromatic rings. The largest absolute Gasteiger partial charge is 0.360 e. The van der Waals surface area contributed by atoms with Gasteiger partial charge in [0.2, 0.25) is 0 Å². The van der Waals surface area contributed by atoms with Crippen molar-refractivity contribution < 1.29 is 0 Å². The van der Waals surface area contributed by atoms with Crippen molar-refractivity contribution >= 4 is 23.4 Å². The molecule has 3 heterocycles. The first-order chi connectivity index (χ1) is 10.0. The summed E-state index contributed by atoms with van der Waals surface area (Å²) in [5, 5.41) is 0. The Kier molecular flexibility index (Phi) is 3.42. The van der Waals surface area contributed by atoms with Gasteiger partial charge in [0, 0.05) is 18.6 Å². The SMILES string of the molecule is CC(C)(C)N=P(c1ccc[nH]1)(c1ccc[nH]1)c1ccc[nH]1. The van der Waals surface area contributed by atoms with Gasteiger partial charge in [0.25, 0.3) is 0 Å². The maximum Gasteiger partial charge on any atom is 0.102 e. The molecule has 3 rings (SSSR count). The molecule has 0 aliphatic heterocycles. The van der Waals surface area contributed by atoms with Gasteiger partial charge in [-0.15, -0.1) is 0 Å². The molecule has 0 amide bonds. The average molecular weight is 300 g/mol. The molecule has 5 heteroatoms. The minimum absolute atomic E-state index is 0.144. The number of nitrogens with zero attached hydrogens (tertiary/aromatic N) is 1. The molecular formula is C16H21N4P. The van der Waals surface area contributed by atoms with Crippen LogP contribution in [-0.2, 0) is 0 Å². The molecule has 110 valence electrons. The highest BCUT2D eigenvalue weighted by Gasteiger charge is 2.32. The summed E-state index contributed by atoms with van der Waals surface area (Å²) in [6.45, 7) is 6.45. The van der Waals surface area contributed by atoms with E-state index < -0.39 is 7.05 Å². The van der Waals surface area contributed by atoms with Crippen LogP contribution in [0.2, 0.25) is 0 Å². The van der Waals surface area contributed by atoms with Crippen LogP contribution in [-0.4, -0.2) is 20.5 Å². The predicted molar refractivity (Wildman–Crippen MR) is 90.4 cm³/mol. The Balaban J connectivity index is 2.40. The molecule has 3 aromatic heterocycles. The molecule has 0 saturated carbocycles. The van der Waals surface area contributed by atoms with Gasteiger partial charge in [-0.05, 0) is 57.2 Å². The van der Waals surface area contributed by atoms with Crippen LogP contribution < -0.4 is 16.3 Å². The van der Waals surface area contributed by atoms with Crippen LogP contribution >= 0.6 is 7.05 Å². The van der Waals surface area contributed by atoms with Crippen LogP contribution in [0.1, 0.15) is 20.8 Å². The number of aromatic amines is 3. The molecular weight excluding hydrogens is 279 g/mol. The summed E-state index contributed by atoms with van der Waals surface area (Å²) < 4.78 is 5.29. The third kappa shape index (κ3) is 2.52. The van der Waals surface area contributed by atoms with Gasteiger partial charge < -0.3 is 15.0 Å². The van der Waals surface area contributed by atoms with Crippen molar-refractivity contribution in [2.75, 3.05) is 0 Å². The maximum absolute atomic E-state index is 5.29. The Labute approximate surface area is 125 Å². The predicted octanol–water partition coefficient (Wildman–Crippen LogP) is 2.95. The van der Waals surface area contributed by atoms with Crippen LogP contribution in [0.5, 0.6) is 0 Å². The zero-order valence-corrected chi connectivity index (χ0v) is 13.5. The van der Waals surface area contributed by atoms with Gasteiger partial charge in [-0.25, -0.2) is 0 Å². The molecule has 0 spiro atoms.